The molecule has 0 bridgehead atoms. The summed E-state index contributed by atoms with van der Waals surface area (Å²) in [6, 6.07) is 0. The highest BCUT2D eigenvalue weighted by Crippen LogP contribution is 2.47. The molecule has 1 aromatic heterocycles. The van der Waals surface area contributed by atoms with Crippen LogP contribution in [0.25, 0.3) is 0 Å². The summed E-state index contributed by atoms with van der Waals surface area (Å²) in [6.45, 7) is 4.47. The molecule has 0 spiro atoms. The molecule has 1 heterocycles. The molecule has 0 radical (unpaired) electrons. The maximum atomic E-state index is 6.42. The Bertz CT molecular complexity index is 414. The summed E-state index contributed by atoms with van der Waals surface area (Å²) in [5.41, 5.74) is 6.22. The minimum Gasteiger partial charge on any atom is -0.337 e. The predicted octanol–water partition coefficient (Wildman–Crippen LogP) is 2.49. The summed E-state index contributed by atoms with van der Waals surface area (Å²) in [5.74, 6) is 2.29. The third kappa shape index (κ3) is 1.88. The SMILES string of the molecule is CC1CCC(N)(c2nc(C3(C)CC3)no2)CC1. The van der Waals surface area contributed by atoms with E-state index in [4.69, 9.17) is 10.3 Å². The molecule has 1 aromatic rings. The third-order valence-electron chi connectivity index (χ3n) is 4.56. The molecule has 0 saturated heterocycles. The molecule has 0 aromatic carbocycles. The summed E-state index contributed by atoms with van der Waals surface area (Å²) >= 11 is 0. The summed E-state index contributed by atoms with van der Waals surface area (Å²) in [6.07, 6.45) is 6.58. The van der Waals surface area contributed by atoms with Crippen molar-refractivity contribution in [1.82, 2.24) is 10.1 Å². The monoisotopic (exact) mass is 235 g/mol. The van der Waals surface area contributed by atoms with Crippen molar-refractivity contribution in [3.63, 3.8) is 0 Å². The van der Waals surface area contributed by atoms with Crippen LogP contribution >= 0.6 is 0 Å². The molecule has 2 N–H and O–H groups in total. The van der Waals surface area contributed by atoms with Crippen LogP contribution in [-0.4, -0.2) is 10.1 Å². The first-order valence-electron chi connectivity index (χ1n) is 6.65. The van der Waals surface area contributed by atoms with E-state index in [2.05, 4.69) is 24.0 Å². The van der Waals surface area contributed by atoms with Crippen LogP contribution in [0.1, 0.15) is 64.1 Å². The lowest BCUT2D eigenvalue weighted by Gasteiger charge is -2.32. The minimum atomic E-state index is -0.372. The topological polar surface area (TPSA) is 64.9 Å². The number of nitrogens with zero attached hydrogens (tertiary/aromatic N) is 2. The van der Waals surface area contributed by atoms with Crippen molar-refractivity contribution >= 4 is 0 Å². The summed E-state index contributed by atoms with van der Waals surface area (Å²) in [4.78, 5) is 4.56. The van der Waals surface area contributed by atoms with Crippen LogP contribution in [0.3, 0.4) is 0 Å². The van der Waals surface area contributed by atoms with Crippen LogP contribution in [0.2, 0.25) is 0 Å². The Morgan fingerprint density at radius 3 is 2.47 bits per heavy atom. The minimum absolute atomic E-state index is 0.167. The highest BCUT2D eigenvalue weighted by atomic mass is 16.5. The first-order valence-corrected chi connectivity index (χ1v) is 6.65. The Morgan fingerprint density at radius 2 is 1.88 bits per heavy atom. The number of aromatic nitrogens is 2. The van der Waals surface area contributed by atoms with E-state index in [1.54, 1.807) is 0 Å². The maximum absolute atomic E-state index is 6.42. The van der Waals surface area contributed by atoms with Gasteiger partial charge >= 0.3 is 0 Å². The molecule has 0 atom stereocenters. The van der Waals surface area contributed by atoms with Gasteiger partial charge in [-0.2, -0.15) is 4.98 Å². The van der Waals surface area contributed by atoms with E-state index < -0.39 is 0 Å². The molecular weight excluding hydrogens is 214 g/mol. The van der Waals surface area contributed by atoms with Crippen LogP contribution in [0.15, 0.2) is 4.52 Å². The number of nitrogens with two attached hydrogens (primary N) is 1. The normalized spacial score (nSPS) is 35.8. The van der Waals surface area contributed by atoms with Crippen molar-refractivity contribution in [2.45, 2.75) is 63.3 Å². The number of hydrogen-bond donors (Lipinski definition) is 1. The van der Waals surface area contributed by atoms with E-state index in [1.165, 1.54) is 12.8 Å². The Balaban J connectivity index is 1.81. The Labute approximate surface area is 102 Å². The van der Waals surface area contributed by atoms with E-state index in [-0.39, 0.29) is 11.0 Å². The maximum Gasteiger partial charge on any atom is 0.246 e. The van der Waals surface area contributed by atoms with Crippen LogP contribution in [0.4, 0.5) is 0 Å². The second-order valence-electron chi connectivity index (χ2n) is 6.32. The summed E-state index contributed by atoms with van der Waals surface area (Å²) in [5, 5.41) is 4.12. The van der Waals surface area contributed by atoms with Crippen molar-refractivity contribution in [3.8, 4) is 0 Å². The van der Waals surface area contributed by atoms with Crippen molar-refractivity contribution in [1.29, 1.82) is 0 Å². The fourth-order valence-electron chi connectivity index (χ4n) is 2.57. The smallest absolute Gasteiger partial charge is 0.246 e. The largest absolute Gasteiger partial charge is 0.337 e. The lowest BCUT2D eigenvalue weighted by Crippen LogP contribution is -2.40. The van der Waals surface area contributed by atoms with Gasteiger partial charge in [0.05, 0.1) is 5.54 Å². The van der Waals surface area contributed by atoms with Gasteiger partial charge in [-0.15, -0.1) is 0 Å². The Kier molecular flexibility index (Phi) is 2.34. The van der Waals surface area contributed by atoms with Gasteiger partial charge in [0, 0.05) is 5.41 Å². The van der Waals surface area contributed by atoms with Gasteiger partial charge in [-0.3, -0.25) is 0 Å². The van der Waals surface area contributed by atoms with Gasteiger partial charge in [-0.25, -0.2) is 0 Å². The van der Waals surface area contributed by atoms with Crippen molar-refractivity contribution in [2.24, 2.45) is 11.7 Å². The van der Waals surface area contributed by atoms with E-state index in [0.29, 0.717) is 5.89 Å². The molecule has 94 valence electrons. The summed E-state index contributed by atoms with van der Waals surface area (Å²) < 4.78 is 5.42. The predicted molar refractivity (Wildman–Crippen MR) is 64.4 cm³/mol. The molecule has 2 aliphatic rings. The van der Waals surface area contributed by atoms with Gasteiger partial charge in [0.15, 0.2) is 5.82 Å². The van der Waals surface area contributed by atoms with E-state index in [1.807, 2.05) is 0 Å². The first kappa shape index (κ1) is 11.2. The second kappa shape index (κ2) is 3.55. The number of hydrogen-bond acceptors (Lipinski definition) is 4. The highest BCUT2D eigenvalue weighted by Gasteiger charge is 2.45. The van der Waals surface area contributed by atoms with Crippen LogP contribution < -0.4 is 5.73 Å². The summed E-state index contributed by atoms with van der Waals surface area (Å²) in [7, 11) is 0. The van der Waals surface area contributed by atoms with Gasteiger partial charge in [0.25, 0.3) is 0 Å². The average Bonchev–Trinajstić information content (AvgIpc) is 2.87. The molecule has 2 saturated carbocycles. The molecule has 2 fully saturated rings. The van der Waals surface area contributed by atoms with Crippen molar-refractivity contribution < 1.29 is 4.52 Å². The fourth-order valence-corrected chi connectivity index (χ4v) is 2.57. The number of rotatable bonds is 2. The molecule has 0 aliphatic heterocycles. The fraction of sp³-hybridized carbons (Fsp3) is 0.846. The Morgan fingerprint density at radius 1 is 1.24 bits per heavy atom. The molecule has 0 unspecified atom stereocenters. The lowest BCUT2D eigenvalue weighted by molar-refractivity contribution is 0.190. The van der Waals surface area contributed by atoms with E-state index in [9.17, 15) is 0 Å². The van der Waals surface area contributed by atoms with Gasteiger partial charge in [0.1, 0.15) is 0 Å². The zero-order chi connectivity index (χ0) is 12.1. The van der Waals surface area contributed by atoms with Gasteiger partial charge < -0.3 is 10.3 Å². The molecular formula is C13H21N3O. The first-order chi connectivity index (χ1) is 8.02. The van der Waals surface area contributed by atoms with Gasteiger partial charge in [-0.05, 0) is 44.4 Å². The molecule has 2 aliphatic carbocycles. The van der Waals surface area contributed by atoms with Crippen LogP contribution in [0, 0.1) is 5.92 Å². The zero-order valence-corrected chi connectivity index (χ0v) is 10.7. The molecule has 17 heavy (non-hydrogen) atoms. The third-order valence-corrected chi connectivity index (χ3v) is 4.56. The van der Waals surface area contributed by atoms with E-state index in [0.717, 1.165) is 37.4 Å². The van der Waals surface area contributed by atoms with Gasteiger partial charge in [-0.1, -0.05) is 19.0 Å². The molecule has 0 amide bonds. The average molecular weight is 235 g/mol. The quantitative estimate of drug-likeness (QED) is 0.855. The molecule has 3 rings (SSSR count). The van der Waals surface area contributed by atoms with Crippen molar-refractivity contribution in [3.05, 3.63) is 11.7 Å². The lowest BCUT2D eigenvalue weighted by atomic mass is 9.78. The standard InChI is InChI=1S/C13H21N3O/c1-9-3-5-13(14,6-4-9)11-15-10(16-17-11)12(2)7-8-12/h9H,3-8,14H2,1-2H3. The molecule has 4 nitrogen and oxygen atoms in total. The second-order valence-corrected chi connectivity index (χ2v) is 6.32. The highest BCUT2D eigenvalue weighted by molar-refractivity contribution is 5.16. The molecule has 4 heteroatoms. The zero-order valence-electron chi connectivity index (χ0n) is 10.7. The van der Waals surface area contributed by atoms with Crippen molar-refractivity contribution in [2.75, 3.05) is 0 Å². The van der Waals surface area contributed by atoms with E-state index >= 15 is 0 Å². The van der Waals surface area contributed by atoms with Crippen LogP contribution in [-0.2, 0) is 11.0 Å². The van der Waals surface area contributed by atoms with Crippen LogP contribution in [0.5, 0.6) is 0 Å². The van der Waals surface area contributed by atoms with Gasteiger partial charge in [0.2, 0.25) is 5.89 Å². The Hall–Kier alpha value is -0.900.